The third kappa shape index (κ3) is 2.61. The second-order valence-electron chi connectivity index (χ2n) is 5.99. The van der Waals surface area contributed by atoms with Crippen LogP contribution in [0, 0.1) is 0 Å². The maximum absolute atomic E-state index is 12.7. The van der Waals surface area contributed by atoms with E-state index in [1.54, 1.807) is 24.5 Å². The van der Waals surface area contributed by atoms with Gasteiger partial charge in [-0.25, -0.2) is 9.78 Å². The summed E-state index contributed by atoms with van der Waals surface area (Å²) in [6.07, 6.45) is 4.88. The number of pyridine rings is 1. The van der Waals surface area contributed by atoms with Crippen LogP contribution in [0.25, 0.3) is 11.5 Å². The van der Waals surface area contributed by atoms with Gasteiger partial charge < -0.3 is 14.9 Å². The van der Waals surface area contributed by atoms with E-state index in [4.69, 9.17) is 4.52 Å². The van der Waals surface area contributed by atoms with Crippen molar-refractivity contribution in [2.75, 3.05) is 5.32 Å². The zero-order chi connectivity index (χ0) is 18.3. The average molecular weight is 354 g/mol. The molecule has 3 aromatic rings. The monoisotopic (exact) mass is 354 g/mol. The quantitative estimate of drug-likeness (QED) is 0.715. The molecule has 10 nitrogen and oxygen atoms in total. The lowest BCUT2D eigenvalue weighted by molar-refractivity contribution is -0.140. The Hall–Kier alpha value is -3.56. The van der Waals surface area contributed by atoms with Gasteiger partial charge in [0.15, 0.2) is 0 Å². The molecular formula is C16H14N6O4. The predicted molar refractivity (Wildman–Crippen MR) is 89.0 cm³/mol. The van der Waals surface area contributed by atoms with Crippen molar-refractivity contribution in [1.29, 1.82) is 0 Å². The second-order valence-corrected chi connectivity index (χ2v) is 5.99. The zero-order valence-electron chi connectivity index (χ0n) is 13.7. The first kappa shape index (κ1) is 15.9. The topological polar surface area (TPSA) is 136 Å². The van der Waals surface area contributed by atoms with Gasteiger partial charge in [0.2, 0.25) is 0 Å². The summed E-state index contributed by atoms with van der Waals surface area (Å²) in [5.74, 6) is -0.402. The minimum absolute atomic E-state index is 0.0706. The SMILES string of the molecule is C[C@@H]1C[C@@H](C(=O)O)n2c1ncc(Nc1noc(-c3cccnc3)n1)c2=O. The number of carboxylic acids is 1. The van der Waals surface area contributed by atoms with Crippen molar-refractivity contribution >= 4 is 17.6 Å². The lowest BCUT2D eigenvalue weighted by Crippen LogP contribution is -2.29. The molecule has 0 bridgehead atoms. The van der Waals surface area contributed by atoms with Crippen LogP contribution in [-0.4, -0.2) is 35.8 Å². The van der Waals surface area contributed by atoms with E-state index in [1.807, 2.05) is 6.92 Å². The third-order valence-electron chi connectivity index (χ3n) is 4.22. The normalized spacial score (nSPS) is 18.5. The van der Waals surface area contributed by atoms with Gasteiger partial charge in [0, 0.05) is 18.3 Å². The van der Waals surface area contributed by atoms with Crippen LogP contribution in [0.2, 0.25) is 0 Å². The Morgan fingerprint density at radius 1 is 1.42 bits per heavy atom. The smallest absolute Gasteiger partial charge is 0.326 e. The molecule has 0 fully saturated rings. The summed E-state index contributed by atoms with van der Waals surface area (Å²) in [7, 11) is 0. The molecule has 10 heteroatoms. The first-order valence-corrected chi connectivity index (χ1v) is 7.90. The van der Waals surface area contributed by atoms with Crippen LogP contribution in [0.3, 0.4) is 0 Å². The summed E-state index contributed by atoms with van der Waals surface area (Å²) in [6.45, 7) is 1.84. The van der Waals surface area contributed by atoms with Crippen LogP contribution in [0.15, 0.2) is 40.0 Å². The molecule has 0 radical (unpaired) electrons. The fourth-order valence-corrected chi connectivity index (χ4v) is 2.99. The molecule has 1 aliphatic rings. The number of fused-ring (bicyclic) bond motifs is 1. The summed E-state index contributed by atoms with van der Waals surface area (Å²) in [4.78, 5) is 36.5. The predicted octanol–water partition coefficient (Wildman–Crippen LogP) is 1.56. The van der Waals surface area contributed by atoms with E-state index in [0.717, 1.165) is 0 Å². The molecule has 0 saturated carbocycles. The Labute approximate surface area is 146 Å². The summed E-state index contributed by atoms with van der Waals surface area (Å²) < 4.78 is 6.35. The average Bonchev–Trinajstić information content (AvgIpc) is 3.23. The highest BCUT2D eigenvalue weighted by Gasteiger charge is 2.35. The van der Waals surface area contributed by atoms with Crippen molar-refractivity contribution in [2.24, 2.45) is 0 Å². The zero-order valence-corrected chi connectivity index (χ0v) is 13.7. The molecule has 2 atom stereocenters. The van der Waals surface area contributed by atoms with Crippen molar-refractivity contribution in [3.8, 4) is 11.5 Å². The molecule has 0 spiro atoms. The van der Waals surface area contributed by atoms with E-state index in [-0.39, 0.29) is 23.4 Å². The van der Waals surface area contributed by atoms with E-state index in [1.165, 1.54) is 10.8 Å². The van der Waals surface area contributed by atoms with Crippen LogP contribution in [-0.2, 0) is 4.79 Å². The van der Waals surface area contributed by atoms with Crippen molar-refractivity contribution in [3.63, 3.8) is 0 Å². The standard InChI is InChI=1S/C16H14N6O4/c1-8-5-11(15(24)25)22-12(8)18-7-10(14(22)23)19-16-20-13(26-21-16)9-3-2-4-17-6-9/h2-4,6-8,11H,5H2,1H3,(H,19,21)(H,24,25)/t8-,11+/m1/s1. The highest BCUT2D eigenvalue weighted by molar-refractivity contribution is 5.73. The molecular weight excluding hydrogens is 340 g/mol. The van der Waals surface area contributed by atoms with Crippen molar-refractivity contribution in [2.45, 2.75) is 25.3 Å². The number of nitrogens with one attached hydrogen (secondary N) is 1. The van der Waals surface area contributed by atoms with E-state index < -0.39 is 17.6 Å². The molecule has 0 aromatic carbocycles. The highest BCUT2D eigenvalue weighted by atomic mass is 16.5. The first-order chi connectivity index (χ1) is 12.5. The lowest BCUT2D eigenvalue weighted by atomic mass is 10.1. The molecule has 0 aliphatic carbocycles. The van der Waals surface area contributed by atoms with Crippen molar-refractivity contribution in [1.82, 2.24) is 24.7 Å². The van der Waals surface area contributed by atoms with Gasteiger partial charge in [-0.3, -0.25) is 14.3 Å². The summed E-state index contributed by atoms with van der Waals surface area (Å²) >= 11 is 0. The number of rotatable bonds is 4. The maximum atomic E-state index is 12.7. The van der Waals surface area contributed by atoms with Crippen molar-refractivity contribution < 1.29 is 14.4 Å². The Kier molecular flexibility index (Phi) is 3.72. The van der Waals surface area contributed by atoms with Gasteiger partial charge in [-0.1, -0.05) is 6.92 Å². The number of aliphatic carboxylic acids is 1. The summed E-state index contributed by atoms with van der Waals surface area (Å²) in [6, 6.07) is 2.56. The molecule has 3 aromatic heterocycles. The van der Waals surface area contributed by atoms with E-state index in [9.17, 15) is 14.7 Å². The second kappa shape index (κ2) is 6.06. The van der Waals surface area contributed by atoms with Crippen LogP contribution in [0.5, 0.6) is 0 Å². The fourth-order valence-electron chi connectivity index (χ4n) is 2.99. The Balaban J connectivity index is 1.66. The highest BCUT2D eigenvalue weighted by Crippen LogP contribution is 2.33. The number of carbonyl (C=O) groups is 1. The van der Waals surface area contributed by atoms with Gasteiger partial charge in [-0.15, -0.1) is 0 Å². The number of nitrogens with zero attached hydrogens (tertiary/aromatic N) is 5. The first-order valence-electron chi connectivity index (χ1n) is 7.90. The van der Waals surface area contributed by atoms with Gasteiger partial charge in [-0.05, 0) is 23.7 Å². The van der Waals surface area contributed by atoms with Crippen LogP contribution in [0.1, 0.15) is 31.1 Å². The molecule has 2 N–H and O–H groups in total. The molecule has 0 amide bonds. The Morgan fingerprint density at radius 3 is 3.00 bits per heavy atom. The lowest BCUT2D eigenvalue weighted by Gasteiger charge is -2.10. The molecule has 0 saturated heterocycles. The number of carboxylic acid groups (broad SMARTS) is 1. The number of aromatic nitrogens is 5. The minimum atomic E-state index is -1.06. The van der Waals surface area contributed by atoms with Crippen LogP contribution < -0.4 is 10.9 Å². The van der Waals surface area contributed by atoms with Gasteiger partial charge in [0.25, 0.3) is 17.4 Å². The molecule has 4 heterocycles. The molecule has 0 unspecified atom stereocenters. The molecule has 26 heavy (non-hydrogen) atoms. The third-order valence-corrected chi connectivity index (χ3v) is 4.22. The van der Waals surface area contributed by atoms with E-state index >= 15 is 0 Å². The van der Waals surface area contributed by atoms with Gasteiger partial charge >= 0.3 is 5.97 Å². The van der Waals surface area contributed by atoms with Crippen molar-refractivity contribution in [3.05, 3.63) is 46.9 Å². The van der Waals surface area contributed by atoms with Crippen LogP contribution in [0.4, 0.5) is 11.6 Å². The number of anilines is 2. The Bertz CT molecular complexity index is 1030. The van der Waals surface area contributed by atoms with E-state index in [2.05, 4.69) is 25.4 Å². The molecule has 132 valence electrons. The fraction of sp³-hybridized carbons (Fsp3) is 0.250. The summed E-state index contributed by atoms with van der Waals surface area (Å²) in [5, 5.41) is 15.9. The Morgan fingerprint density at radius 2 is 2.27 bits per heavy atom. The molecule has 1 aliphatic heterocycles. The largest absolute Gasteiger partial charge is 0.480 e. The number of hydrogen-bond acceptors (Lipinski definition) is 8. The van der Waals surface area contributed by atoms with Gasteiger partial charge in [0.05, 0.1) is 11.8 Å². The van der Waals surface area contributed by atoms with E-state index in [0.29, 0.717) is 17.8 Å². The van der Waals surface area contributed by atoms with Gasteiger partial charge in [-0.2, -0.15) is 4.98 Å². The van der Waals surface area contributed by atoms with Crippen LogP contribution >= 0.6 is 0 Å². The number of hydrogen-bond donors (Lipinski definition) is 2. The molecule has 4 rings (SSSR count). The van der Waals surface area contributed by atoms with Gasteiger partial charge in [0.1, 0.15) is 17.6 Å². The maximum Gasteiger partial charge on any atom is 0.326 e. The summed E-state index contributed by atoms with van der Waals surface area (Å²) in [5.41, 5.74) is 0.226. The minimum Gasteiger partial charge on any atom is -0.480 e.